The van der Waals surface area contributed by atoms with Crippen molar-refractivity contribution in [3.05, 3.63) is 64.5 Å². The molecule has 0 spiro atoms. The van der Waals surface area contributed by atoms with Crippen molar-refractivity contribution in [1.82, 2.24) is 14.9 Å². The second-order valence-corrected chi connectivity index (χ2v) is 8.17. The van der Waals surface area contributed by atoms with Crippen LogP contribution in [-0.4, -0.2) is 25.7 Å². The van der Waals surface area contributed by atoms with Gasteiger partial charge in [-0.15, -0.1) is 0 Å². The minimum Gasteiger partial charge on any atom is -0.497 e. The van der Waals surface area contributed by atoms with Crippen molar-refractivity contribution in [2.45, 2.75) is 12.3 Å². The normalized spacial score (nSPS) is 11.5. The summed E-state index contributed by atoms with van der Waals surface area (Å²) < 4.78 is 38.0. The first-order chi connectivity index (χ1) is 12.4. The maximum absolute atomic E-state index is 12.2. The Kier molecular flexibility index (Phi) is 5.70. The summed E-state index contributed by atoms with van der Waals surface area (Å²) >= 11 is 3.32. The standard InChI is InChI=1S/C17H16BrN3O4S/c1-24-15-4-2-3-13(9-15)17-20-16(25-21-17)10-19-26(22,23)11-12-5-7-14(18)8-6-12/h2-9,19H,10-11H2,1H3. The van der Waals surface area contributed by atoms with Crippen LogP contribution in [0.25, 0.3) is 11.4 Å². The molecule has 0 aliphatic heterocycles. The van der Waals surface area contributed by atoms with Crippen molar-refractivity contribution < 1.29 is 17.7 Å². The van der Waals surface area contributed by atoms with Gasteiger partial charge in [-0.05, 0) is 29.8 Å². The number of halogens is 1. The molecule has 0 amide bonds. The predicted molar refractivity (Wildman–Crippen MR) is 99.9 cm³/mol. The molecule has 0 fully saturated rings. The Balaban J connectivity index is 1.64. The average molecular weight is 438 g/mol. The molecule has 3 rings (SSSR count). The fourth-order valence-corrected chi connectivity index (χ4v) is 3.57. The fraction of sp³-hybridized carbons (Fsp3) is 0.176. The van der Waals surface area contributed by atoms with Gasteiger partial charge in [0.15, 0.2) is 0 Å². The van der Waals surface area contributed by atoms with Crippen LogP contribution in [0.5, 0.6) is 5.75 Å². The first kappa shape index (κ1) is 18.6. The number of ether oxygens (including phenoxy) is 1. The number of nitrogens with one attached hydrogen (secondary N) is 1. The Morgan fingerprint density at radius 3 is 2.69 bits per heavy atom. The maximum atomic E-state index is 12.2. The van der Waals surface area contributed by atoms with Crippen molar-refractivity contribution in [1.29, 1.82) is 0 Å². The van der Waals surface area contributed by atoms with Crippen LogP contribution in [-0.2, 0) is 22.3 Å². The van der Waals surface area contributed by atoms with Crippen molar-refractivity contribution in [2.24, 2.45) is 0 Å². The summed E-state index contributed by atoms with van der Waals surface area (Å²) in [5.74, 6) is 1.09. The van der Waals surface area contributed by atoms with Gasteiger partial charge in [0.05, 0.1) is 19.4 Å². The van der Waals surface area contributed by atoms with Crippen LogP contribution in [0.1, 0.15) is 11.5 Å². The van der Waals surface area contributed by atoms with E-state index in [0.29, 0.717) is 17.1 Å². The molecule has 1 heterocycles. The number of hydrogen-bond donors (Lipinski definition) is 1. The molecule has 0 unspecified atom stereocenters. The van der Waals surface area contributed by atoms with Gasteiger partial charge < -0.3 is 9.26 Å². The molecule has 0 aliphatic rings. The van der Waals surface area contributed by atoms with Crippen LogP contribution in [0.2, 0.25) is 0 Å². The molecule has 0 saturated heterocycles. The Morgan fingerprint density at radius 2 is 1.96 bits per heavy atom. The summed E-state index contributed by atoms with van der Waals surface area (Å²) in [5.41, 5.74) is 1.40. The number of hydrogen-bond acceptors (Lipinski definition) is 6. The monoisotopic (exact) mass is 437 g/mol. The van der Waals surface area contributed by atoms with Crippen LogP contribution < -0.4 is 9.46 Å². The lowest BCUT2D eigenvalue weighted by atomic mass is 10.2. The zero-order valence-corrected chi connectivity index (χ0v) is 16.2. The van der Waals surface area contributed by atoms with E-state index in [9.17, 15) is 8.42 Å². The fourth-order valence-electron chi connectivity index (χ4n) is 2.23. The van der Waals surface area contributed by atoms with Gasteiger partial charge in [-0.1, -0.05) is 45.4 Å². The highest BCUT2D eigenvalue weighted by atomic mass is 79.9. The number of rotatable bonds is 7. The zero-order valence-electron chi connectivity index (χ0n) is 13.8. The lowest BCUT2D eigenvalue weighted by Crippen LogP contribution is -2.24. The van der Waals surface area contributed by atoms with Crippen LogP contribution in [0, 0.1) is 0 Å². The quantitative estimate of drug-likeness (QED) is 0.609. The topological polar surface area (TPSA) is 94.3 Å². The zero-order chi connectivity index (χ0) is 18.6. The molecule has 9 heteroatoms. The van der Waals surface area contributed by atoms with E-state index in [0.717, 1.165) is 10.0 Å². The second-order valence-electron chi connectivity index (χ2n) is 5.45. The molecule has 26 heavy (non-hydrogen) atoms. The molecule has 3 aromatic rings. The molecule has 136 valence electrons. The highest BCUT2D eigenvalue weighted by molar-refractivity contribution is 9.10. The third-order valence-electron chi connectivity index (χ3n) is 3.51. The van der Waals surface area contributed by atoms with Gasteiger partial charge in [0.25, 0.3) is 0 Å². The van der Waals surface area contributed by atoms with E-state index in [-0.39, 0.29) is 18.2 Å². The number of benzene rings is 2. The summed E-state index contributed by atoms with van der Waals surface area (Å²) in [6, 6.07) is 14.3. The van der Waals surface area contributed by atoms with E-state index in [1.165, 1.54) is 0 Å². The highest BCUT2D eigenvalue weighted by Gasteiger charge is 2.15. The van der Waals surface area contributed by atoms with Crippen molar-refractivity contribution in [3.8, 4) is 17.1 Å². The second kappa shape index (κ2) is 7.98. The number of methoxy groups -OCH3 is 1. The van der Waals surface area contributed by atoms with Crippen molar-refractivity contribution >= 4 is 26.0 Å². The van der Waals surface area contributed by atoms with Gasteiger partial charge in [0.2, 0.25) is 21.7 Å². The Labute approximate surface area is 159 Å². The van der Waals surface area contributed by atoms with Crippen molar-refractivity contribution in [3.63, 3.8) is 0 Å². The molecular formula is C17H16BrN3O4S. The smallest absolute Gasteiger partial charge is 0.242 e. The highest BCUT2D eigenvalue weighted by Crippen LogP contribution is 2.21. The molecule has 1 aromatic heterocycles. The van der Waals surface area contributed by atoms with Gasteiger partial charge in [-0.25, -0.2) is 13.1 Å². The van der Waals surface area contributed by atoms with E-state index < -0.39 is 10.0 Å². The van der Waals surface area contributed by atoms with E-state index in [1.54, 1.807) is 43.5 Å². The molecule has 0 atom stereocenters. The summed E-state index contributed by atoms with van der Waals surface area (Å²) in [4.78, 5) is 4.21. The van der Waals surface area contributed by atoms with Gasteiger partial charge in [-0.3, -0.25) is 0 Å². The Bertz CT molecular complexity index is 987. The molecule has 0 aliphatic carbocycles. The average Bonchev–Trinajstić information content (AvgIpc) is 3.11. The molecule has 1 N–H and O–H groups in total. The number of aromatic nitrogens is 2. The molecule has 0 saturated carbocycles. The van der Waals surface area contributed by atoms with E-state index in [2.05, 4.69) is 30.8 Å². The van der Waals surface area contributed by atoms with E-state index in [1.807, 2.05) is 12.1 Å². The van der Waals surface area contributed by atoms with E-state index >= 15 is 0 Å². The van der Waals surface area contributed by atoms with Gasteiger partial charge in [0, 0.05) is 10.0 Å². The lowest BCUT2D eigenvalue weighted by molar-refractivity contribution is 0.376. The lowest BCUT2D eigenvalue weighted by Gasteiger charge is -2.04. The largest absolute Gasteiger partial charge is 0.497 e. The molecule has 0 bridgehead atoms. The Morgan fingerprint density at radius 1 is 1.19 bits per heavy atom. The van der Waals surface area contributed by atoms with Gasteiger partial charge in [-0.2, -0.15) is 4.98 Å². The van der Waals surface area contributed by atoms with Crippen LogP contribution in [0.4, 0.5) is 0 Å². The first-order valence-electron chi connectivity index (χ1n) is 7.64. The van der Waals surface area contributed by atoms with E-state index in [4.69, 9.17) is 9.26 Å². The van der Waals surface area contributed by atoms with Crippen molar-refractivity contribution in [2.75, 3.05) is 7.11 Å². The molecular weight excluding hydrogens is 422 g/mol. The molecule has 7 nitrogen and oxygen atoms in total. The summed E-state index contributed by atoms with van der Waals surface area (Å²) in [7, 11) is -1.95. The SMILES string of the molecule is COc1cccc(-c2noc(CNS(=O)(=O)Cc3ccc(Br)cc3)n2)c1. The third-order valence-corrected chi connectivity index (χ3v) is 5.34. The number of nitrogens with zero attached hydrogens (tertiary/aromatic N) is 2. The van der Waals surface area contributed by atoms with Gasteiger partial charge in [0.1, 0.15) is 5.75 Å². The molecule has 0 radical (unpaired) electrons. The summed E-state index contributed by atoms with van der Waals surface area (Å²) in [6.45, 7) is -0.0736. The first-order valence-corrected chi connectivity index (χ1v) is 10.1. The minimum atomic E-state index is -3.52. The predicted octanol–water partition coefficient (Wildman–Crippen LogP) is 3.13. The minimum absolute atomic E-state index is 0.0736. The summed E-state index contributed by atoms with van der Waals surface area (Å²) in [6.07, 6.45) is 0. The van der Waals surface area contributed by atoms with Crippen LogP contribution >= 0.6 is 15.9 Å². The van der Waals surface area contributed by atoms with Crippen LogP contribution in [0.15, 0.2) is 57.5 Å². The molecule has 2 aromatic carbocycles. The summed E-state index contributed by atoms with van der Waals surface area (Å²) in [5, 5.41) is 3.87. The third kappa shape index (κ3) is 4.90. The van der Waals surface area contributed by atoms with Crippen LogP contribution in [0.3, 0.4) is 0 Å². The Hall–Kier alpha value is -2.23. The maximum Gasteiger partial charge on any atom is 0.242 e. The van der Waals surface area contributed by atoms with Gasteiger partial charge >= 0.3 is 0 Å². The number of sulfonamides is 1.